The molecule has 2 atom stereocenters. The Morgan fingerprint density at radius 2 is 2.19 bits per heavy atom. The van der Waals surface area contributed by atoms with Crippen molar-refractivity contribution in [1.82, 2.24) is 9.55 Å². The molecule has 142 valence electrons. The molecule has 1 aliphatic rings. The average Bonchev–Trinajstić information content (AvgIpc) is 3.08. The highest BCUT2D eigenvalue weighted by Crippen LogP contribution is 2.31. The van der Waals surface area contributed by atoms with Crippen LogP contribution in [0, 0.1) is 5.92 Å². The highest BCUT2D eigenvalue weighted by Gasteiger charge is 2.20. The smallest absolute Gasteiger partial charge is 0.0945 e. The number of aryl methyl sites for hydroxylation is 3. The van der Waals surface area contributed by atoms with Crippen molar-refractivity contribution in [2.24, 2.45) is 18.7 Å². The van der Waals surface area contributed by atoms with Crippen molar-refractivity contribution in [3.05, 3.63) is 53.1 Å². The maximum absolute atomic E-state index is 8.99. The summed E-state index contributed by atoms with van der Waals surface area (Å²) in [5, 5.41) is 8.99. The van der Waals surface area contributed by atoms with E-state index >= 15 is 0 Å². The minimum Gasteiger partial charge on any atom is -0.396 e. The maximum Gasteiger partial charge on any atom is 0.0945 e. The van der Waals surface area contributed by atoms with E-state index in [-0.39, 0.29) is 6.61 Å². The maximum atomic E-state index is 8.99. The van der Waals surface area contributed by atoms with Gasteiger partial charge in [-0.25, -0.2) is 4.98 Å². The van der Waals surface area contributed by atoms with Crippen molar-refractivity contribution in [2.45, 2.75) is 57.3 Å². The molecule has 0 radical (unpaired) electrons. The molecule has 0 fully saturated rings. The van der Waals surface area contributed by atoms with Crippen molar-refractivity contribution in [3.63, 3.8) is 0 Å². The van der Waals surface area contributed by atoms with E-state index in [0.717, 1.165) is 31.6 Å². The first-order valence-corrected chi connectivity index (χ1v) is 10.1. The topological polar surface area (TPSA) is 64.1 Å². The predicted molar refractivity (Wildman–Crippen MR) is 106 cm³/mol. The zero-order valence-electron chi connectivity index (χ0n) is 16.0. The van der Waals surface area contributed by atoms with Crippen LogP contribution in [-0.2, 0) is 26.3 Å². The summed E-state index contributed by atoms with van der Waals surface area (Å²) in [6.45, 7) is 0.971. The molecule has 0 aliphatic heterocycles. The van der Waals surface area contributed by atoms with E-state index in [2.05, 4.69) is 34.8 Å². The van der Waals surface area contributed by atoms with E-state index in [1.54, 1.807) is 0 Å². The second-order valence-electron chi connectivity index (χ2n) is 7.82. The third-order valence-electron chi connectivity index (χ3n) is 6.00. The molecule has 0 amide bonds. The van der Waals surface area contributed by atoms with Gasteiger partial charge in [-0.2, -0.15) is 0 Å². The van der Waals surface area contributed by atoms with E-state index in [1.165, 1.54) is 48.1 Å². The number of nitrogens with two attached hydrogens (primary N) is 1. The molecule has 3 N–H and O–H groups in total. The van der Waals surface area contributed by atoms with Gasteiger partial charge in [-0.3, -0.25) is 0 Å². The molecule has 1 heterocycles. The minimum atomic E-state index is 0.279. The lowest BCUT2D eigenvalue weighted by Crippen LogP contribution is -2.17. The largest absolute Gasteiger partial charge is 0.396 e. The SMILES string of the molecule is Cn1cncc1CCC1CCc2cc([C@H](CN)CCCCO)ccc2C1. The van der Waals surface area contributed by atoms with Crippen LogP contribution in [0.5, 0.6) is 0 Å². The number of hydrogen-bond acceptors (Lipinski definition) is 3. The van der Waals surface area contributed by atoms with E-state index in [9.17, 15) is 0 Å². The van der Waals surface area contributed by atoms with Gasteiger partial charge in [0.15, 0.2) is 0 Å². The number of hydrogen-bond donors (Lipinski definition) is 2. The molecule has 2 aromatic rings. The fourth-order valence-corrected chi connectivity index (χ4v) is 4.25. The van der Waals surface area contributed by atoms with Gasteiger partial charge in [0, 0.05) is 25.5 Å². The quantitative estimate of drug-likeness (QED) is 0.678. The average molecular weight is 356 g/mol. The summed E-state index contributed by atoms with van der Waals surface area (Å²) in [6, 6.07) is 7.04. The first kappa shape index (κ1) is 19.1. The van der Waals surface area contributed by atoms with Crippen LogP contribution in [0.2, 0.25) is 0 Å². The van der Waals surface area contributed by atoms with Crippen LogP contribution in [0.3, 0.4) is 0 Å². The van der Waals surface area contributed by atoms with Crippen LogP contribution in [0.15, 0.2) is 30.7 Å². The highest BCUT2D eigenvalue weighted by molar-refractivity contribution is 5.36. The van der Waals surface area contributed by atoms with Crippen LogP contribution in [0.25, 0.3) is 0 Å². The van der Waals surface area contributed by atoms with Gasteiger partial charge < -0.3 is 15.4 Å². The zero-order chi connectivity index (χ0) is 18.4. The Balaban J connectivity index is 1.58. The van der Waals surface area contributed by atoms with Crippen molar-refractivity contribution < 1.29 is 5.11 Å². The van der Waals surface area contributed by atoms with E-state index in [4.69, 9.17) is 10.8 Å². The number of aliphatic hydroxyl groups is 1. The summed E-state index contributed by atoms with van der Waals surface area (Å²) in [6.07, 6.45) is 12.9. The van der Waals surface area contributed by atoms with E-state index in [1.807, 2.05) is 12.5 Å². The number of fused-ring (bicyclic) bond motifs is 1. The van der Waals surface area contributed by atoms with Crippen LogP contribution in [0.4, 0.5) is 0 Å². The van der Waals surface area contributed by atoms with Crippen LogP contribution >= 0.6 is 0 Å². The Bertz CT molecular complexity index is 694. The van der Waals surface area contributed by atoms with E-state index in [0.29, 0.717) is 12.5 Å². The normalized spacial score (nSPS) is 17.9. The second kappa shape index (κ2) is 9.33. The molecular formula is C22H33N3O. The number of aromatic nitrogens is 2. The zero-order valence-corrected chi connectivity index (χ0v) is 16.0. The molecule has 0 saturated carbocycles. The summed E-state index contributed by atoms with van der Waals surface area (Å²) >= 11 is 0. The van der Waals surface area contributed by atoms with Crippen LogP contribution < -0.4 is 5.73 Å². The Labute approximate surface area is 157 Å². The lowest BCUT2D eigenvalue weighted by molar-refractivity contribution is 0.281. The molecule has 0 saturated heterocycles. The predicted octanol–water partition coefficient (Wildman–Crippen LogP) is 3.36. The Hall–Kier alpha value is -1.65. The number of nitrogens with zero attached hydrogens (tertiary/aromatic N) is 2. The Kier molecular flexibility index (Phi) is 6.86. The van der Waals surface area contributed by atoms with Crippen LogP contribution in [-0.4, -0.2) is 27.8 Å². The summed E-state index contributed by atoms with van der Waals surface area (Å²) in [4.78, 5) is 4.22. The second-order valence-corrected chi connectivity index (χ2v) is 7.82. The van der Waals surface area contributed by atoms with Gasteiger partial charge in [-0.05, 0) is 80.0 Å². The van der Waals surface area contributed by atoms with Gasteiger partial charge >= 0.3 is 0 Å². The number of unbranched alkanes of at least 4 members (excludes halogenated alkanes) is 1. The molecule has 0 bridgehead atoms. The molecule has 3 rings (SSSR count). The molecule has 1 aromatic heterocycles. The van der Waals surface area contributed by atoms with Gasteiger partial charge in [0.05, 0.1) is 6.33 Å². The summed E-state index contributed by atoms with van der Waals surface area (Å²) in [7, 11) is 2.08. The fraction of sp³-hybridized carbons (Fsp3) is 0.591. The van der Waals surface area contributed by atoms with Gasteiger partial charge in [0.2, 0.25) is 0 Å². The van der Waals surface area contributed by atoms with Crippen molar-refractivity contribution in [2.75, 3.05) is 13.2 Å². The molecule has 1 aromatic carbocycles. The molecule has 4 heteroatoms. The monoisotopic (exact) mass is 355 g/mol. The van der Waals surface area contributed by atoms with Crippen molar-refractivity contribution in [3.8, 4) is 0 Å². The number of aliphatic hydroxyl groups excluding tert-OH is 1. The fourth-order valence-electron chi connectivity index (χ4n) is 4.25. The van der Waals surface area contributed by atoms with Crippen molar-refractivity contribution in [1.29, 1.82) is 0 Å². The molecule has 1 unspecified atom stereocenters. The van der Waals surface area contributed by atoms with Crippen molar-refractivity contribution >= 4 is 0 Å². The van der Waals surface area contributed by atoms with Crippen LogP contribution in [0.1, 0.15) is 60.4 Å². The molecular weight excluding hydrogens is 322 g/mol. The first-order chi connectivity index (χ1) is 12.7. The van der Waals surface area contributed by atoms with Gasteiger partial charge in [0.1, 0.15) is 0 Å². The third-order valence-corrected chi connectivity index (χ3v) is 6.00. The Morgan fingerprint density at radius 1 is 1.31 bits per heavy atom. The van der Waals surface area contributed by atoms with Gasteiger partial charge in [-0.15, -0.1) is 0 Å². The third kappa shape index (κ3) is 4.74. The first-order valence-electron chi connectivity index (χ1n) is 10.1. The number of rotatable bonds is 9. The lowest BCUT2D eigenvalue weighted by Gasteiger charge is -2.26. The summed E-state index contributed by atoms with van der Waals surface area (Å²) < 4.78 is 2.13. The summed E-state index contributed by atoms with van der Waals surface area (Å²) in [5.41, 5.74) is 11.8. The summed E-state index contributed by atoms with van der Waals surface area (Å²) in [5.74, 6) is 1.20. The minimum absolute atomic E-state index is 0.279. The van der Waals surface area contributed by atoms with Gasteiger partial charge in [-0.1, -0.05) is 24.6 Å². The van der Waals surface area contributed by atoms with E-state index < -0.39 is 0 Å². The molecule has 1 aliphatic carbocycles. The number of benzene rings is 1. The standard InChI is InChI=1S/C22H33N3O/c1-25-16-24-15-22(25)10-6-17-5-7-19-13-20(9-8-18(19)12-17)21(14-23)4-2-3-11-26/h8-9,13,15-17,21,26H,2-7,10-12,14,23H2,1H3/t17?,21-/m0/s1. The number of imidazole rings is 1. The molecule has 0 spiro atoms. The highest BCUT2D eigenvalue weighted by atomic mass is 16.2. The van der Waals surface area contributed by atoms with Gasteiger partial charge in [0.25, 0.3) is 0 Å². The lowest BCUT2D eigenvalue weighted by atomic mass is 9.79. The molecule has 4 nitrogen and oxygen atoms in total. The molecule has 26 heavy (non-hydrogen) atoms. The Morgan fingerprint density at radius 3 is 2.92 bits per heavy atom.